The van der Waals surface area contributed by atoms with Gasteiger partial charge in [0.15, 0.2) is 0 Å². The van der Waals surface area contributed by atoms with Crippen LogP contribution in [0.1, 0.15) is 21.9 Å². The Morgan fingerprint density at radius 3 is 2.48 bits per heavy atom. The summed E-state index contributed by atoms with van der Waals surface area (Å²) in [6.07, 6.45) is 0. The zero-order valence-electron chi connectivity index (χ0n) is 11.3. The van der Waals surface area contributed by atoms with Crippen LogP contribution in [-0.4, -0.2) is 14.3 Å². The van der Waals surface area contributed by atoms with Crippen LogP contribution in [0, 0.1) is 19.7 Å². The number of benzene rings is 1. The maximum Gasteiger partial charge on any atom is 0.259 e. The third-order valence-corrected chi connectivity index (χ3v) is 3.75. The van der Waals surface area contributed by atoms with Gasteiger partial charge in [0.2, 0.25) is 10.0 Å². The van der Waals surface area contributed by atoms with Crippen molar-refractivity contribution in [3.63, 3.8) is 0 Å². The first-order valence-electron chi connectivity index (χ1n) is 5.89. The highest BCUT2D eigenvalue weighted by atomic mass is 32.2. The minimum absolute atomic E-state index is 0.222. The Morgan fingerprint density at radius 2 is 1.95 bits per heavy atom. The first-order valence-corrected chi connectivity index (χ1v) is 7.44. The van der Waals surface area contributed by atoms with Crippen LogP contribution in [0.15, 0.2) is 33.6 Å². The molecule has 0 radical (unpaired) electrons. The minimum Gasteiger partial charge on any atom is -0.466 e. The van der Waals surface area contributed by atoms with Crippen LogP contribution in [0.2, 0.25) is 0 Å². The maximum atomic E-state index is 13.3. The topological polar surface area (TPSA) is 102 Å². The molecule has 0 saturated heterocycles. The van der Waals surface area contributed by atoms with Crippen molar-refractivity contribution in [2.45, 2.75) is 18.7 Å². The largest absolute Gasteiger partial charge is 0.466 e. The van der Waals surface area contributed by atoms with E-state index in [1.807, 2.05) is 0 Å². The van der Waals surface area contributed by atoms with Gasteiger partial charge in [0.1, 0.15) is 22.2 Å². The van der Waals surface area contributed by atoms with E-state index in [0.29, 0.717) is 11.5 Å². The molecule has 0 bridgehead atoms. The summed E-state index contributed by atoms with van der Waals surface area (Å²) in [5, 5.41) is 7.37. The molecule has 0 aliphatic carbocycles. The zero-order valence-corrected chi connectivity index (χ0v) is 12.1. The van der Waals surface area contributed by atoms with Gasteiger partial charge in [-0.25, -0.2) is 17.9 Å². The van der Waals surface area contributed by atoms with Crippen molar-refractivity contribution in [2.24, 2.45) is 5.14 Å². The van der Waals surface area contributed by atoms with E-state index in [4.69, 9.17) is 9.56 Å². The minimum atomic E-state index is -4.09. The Morgan fingerprint density at radius 1 is 1.29 bits per heavy atom. The van der Waals surface area contributed by atoms with Crippen molar-refractivity contribution < 1.29 is 22.0 Å². The molecule has 1 amide bonds. The molecule has 1 heterocycles. The molecule has 6 nitrogen and oxygen atoms in total. The number of furan rings is 1. The number of aryl methyl sites for hydroxylation is 2. The van der Waals surface area contributed by atoms with Crippen LogP contribution in [-0.2, 0) is 10.0 Å². The first kappa shape index (κ1) is 15.2. The fourth-order valence-corrected chi connectivity index (χ4v) is 2.57. The molecule has 8 heteroatoms. The van der Waals surface area contributed by atoms with Gasteiger partial charge in [0, 0.05) is 0 Å². The molecule has 0 spiro atoms. The number of anilines is 1. The molecule has 21 heavy (non-hydrogen) atoms. The maximum absolute atomic E-state index is 13.3. The van der Waals surface area contributed by atoms with Gasteiger partial charge in [-0.1, -0.05) is 0 Å². The number of carbonyl (C=O) groups is 1. The number of primary sulfonamides is 1. The number of hydrogen-bond acceptors (Lipinski definition) is 4. The van der Waals surface area contributed by atoms with Crippen LogP contribution < -0.4 is 10.5 Å². The van der Waals surface area contributed by atoms with E-state index in [1.54, 1.807) is 13.8 Å². The number of nitrogens with one attached hydrogen (secondary N) is 1. The Balaban J connectivity index is 2.42. The summed E-state index contributed by atoms with van der Waals surface area (Å²) in [5.41, 5.74) is 0.0119. The summed E-state index contributed by atoms with van der Waals surface area (Å²) >= 11 is 0. The molecular formula is C13H13FN2O4S. The number of nitrogens with two attached hydrogens (primary N) is 1. The fraction of sp³-hybridized carbons (Fsp3) is 0.154. The van der Waals surface area contributed by atoms with Gasteiger partial charge in [0.25, 0.3) is 5.91 Å². The summed E-state index contributed by atoms with van der Waals surface area (Å²) in [6.45, 7) is 3.26. The van der Waals surface area contributed by atoms with E-state index >= 15 is 0 Å². The van der Waals surface area contributed by atoms with Gasteiger partial charge in [-0.2, -0.15) is 0 Å². The Labute approximate surface area is 120 Å². The fourth-order valence-electron chi connectivity index (χ4n) is 1.89. The van der Waals surface area contributed by atoms with Gasteiger partial charge in [-0.05, 0) is 38.1 Å². The first-order chi connectivity index (χ1) is 9.68. The number of hydrogen-bond donors (Lipinski definition) is 2. The van der Waals surface area contributed by atoms with Gasteiger partial charge in [-0.15, -0.1) is 0 Å². The lowest BCUT2D eigenvalue weighted by molar-refractivity contribution is 0.102. The second-order valence-electron chi connectivity index (χ2n) is 4.47. The van der Waals surface area contributed by atoms with Crippen LogP contribution >= 0.6 is 0 Å². The summed E-state index contributed by atoms with van der Waals surface area (Å²) in [7, 11) is -4.09. The molecule has 2 aromatic rings. The van der Waals surface area contributed by atoms with Gasteiger partial charge in [0.05, 0.1) is 11.3 Å². The highest BCUT2D eigenvalue weighted by Crippen LogP contribution is 2.23. The Hall–Kier alpha value is -2.19. The summed E-state index contributed by atoms with van der Waals surface area (Å²) < 4.78 is 41.4. The molecular weight excluding hydrogens is 299 g/mol. The lowest BCUT2D eigenvalue weighted by Gasteiger charge is -2.09. The molecule has 112 valence electrons. The van der Waals surface area contributed by atoms with Crippen LogP contribution in [0.5, 0.6) is 0 Å². The average molecular weight is 312 g/mol. The highest BCUT2D eigenvalue weighted by Gasteiger charge is 2.19. The summed E-state index contributed by atoms with van der Waals surface area (Å²) in [5.74, 6) is -0.403. The summed E-state index contributed by atoms with van der Waals surface area (Å²) in [6, 6.07) is 4.33. The van der Waals surface area contributed by atoms with Crippen molar-refractivity contribution in [2.75, 3.05) is 5.32 Å². The van der Waals surface area contributed by atoms with E-state index < -0.39 is 21.7 Å². The standard InChI is InChI=1S/C13H13FN2O4S/c1-7-5-10(8(2)20-7)13(17)16-11-6-9(14)3-4-12(11)21(15,18)19/h3-6H,1-2H3,(H,16,17)(H2,15,18,19). The van der Waals surface area contributed by atoms with Crippen molar-refractivity contribution in [1.82, 2.24) is 0 Å². The number of halogens is 1. The molecule has 0 saturated carbocycles. The normalized spacial score (nSPS) is 11.4. The zero-order chi connectivity index (χ0) is 15.8. The second kappa shape index (κ2) is 5.30. The van der Waals surface area contributed by atoms with Crippen molar-refractivity contribution >= 4 is 21.6 Å². The monoisotopic (exact) mass is 312 g/mol. The third-order valence-electron chi connectivity index (χ3n) is 2.78. The second-order valence-corrected chi connectivity index (χ2v) is 6.00. The SMILES string of the molecule is Cc1cc(C(=O)Nc2cc(F)ccc2S(N)(=O)=O)c(C)o1. The lowest BCUT2D eigenvalue weighted by Crippen LogP contribution is -2.18. The quantitative estimate of drug-likeness (QED) is 0.904. The molecule has 3 N–H and O–H groups in total. The van der Waals surface area contributed by atoms with Crippen LogP contribution in [0.4, 0.5) is 10.1 Å². The van der Waals surface area contributed by atoms with Gasteiger partial charge in [-0.3, -0.25) is 4.79 Å². The molecule has 1 aromatic heterocycles. The average Bonchev–Trinajstić information content (AvgIpc) is 2.67. The molecule has 0 fully saturated rings. The highest BCUT2D eigenvalue weighted by molar-refractivity contribution is 7.89. The smallest absolute Gasteiger partial charge is 0.259 e. The van der Waals surface area contributed by atoms with Crippen molar-refractivity contribution in [3.05, 3.63) is 47.2 Å². The van der Waals surface area contributed by atoms with Crippen LogP contribution in [0.25, 0.3) is 0 Å². The molecule has 0 unspecified atom stereocenters. The van der Waals surface area contributed by atoms with Crippen LogP contribution in [0.3, 0.4) is 0 Å². The van der Waals surface area contributed by atoms with Gasteiger partial charge < -0.3 is 9.73 Å². The Bertz CT molecular complexity index is 812. The number of sulfonamides is 1. The van der Waals surface area contributed by atoms with Gasteiger partial charge >= 0.3 is 0 Å². The molecule has 1 aromatic carbocycles. The number of amides is 1. The predicted molar refractivity (Wildman–Crippen MR) is 73.9 cm³/mol. The molecule has 0 aliphatic heterocycles. The summed E-state index contributed by atoms with van der Waals surface area (Å²) in [4.78, 5) is 11.7. The van der Waals surface area contributed by atoms with Crippen molar-refractivity contribution in [1.29, 1.82) is 0 Å². The van der Waals surface area contributed by atoms with E-state index in [2.05, 4.69) is 5.32 Å². The number of carbonyl (C=O) groups excluding carboxylic acids is 1. The predicted octanol–water partition coefficient (Wildman–Crippen LogP) is 1.94. The van der Waals surface area contributed by atoms with E-state index in [0.717, 1.165) is 18.2 Å². The molecule has 2 rings (SSSR count). The van der Waals surface area contributed by atoms with E-state index in [1.165, 1.54) is 6.07 Å². The third kappa shape index (κ3) is 3.29. The van der Waals surface area contributed by atoms with Crippen molar-refractivity contribution in [3.8, 4) is 0 Å². The lowest BCUT2D eigenvalue weighted by atomic mass is 10.2. The number of rotatable bonds is 3. The van der Waals surface area contributed by atoms with E-state index in [-0.39, 0.29) is 16.1 Å². The van der Waals surface area contributed by atoms with E-state index in [9.17, 15) is 17.6 Å². The Kier molecular flexibility index (Phi) is 3.84. The molecule has 0 aliphatic rings. The molecule has 0 atom stereocenters.